The third-order valence-corrected chi connectivity index (χ3v) is 13.2. The number of carbonyl (C=O) groups is 1. The number of rotatable bonds is 14. The number of aromatic nitrogens is 6. The van der Waals surface area contributed by atoms with Crippen LogP contribution in [0, 0.1) is 31.6 Å². The first-order valence-corrected chi connectivity index (χ1v) is 24.7. The Hall–Kier alpha value is -7.28. The molecule has 8 aromatic rings. The molecule has 0 bridgehead atoms. The maximum absolute atomic E-state index is 12.5. The summed E-state index contributed by atoms with van der Waals surface area (Å²) in [4.78, 5) is 46.6. The van der Waals surface area contributed by atoms with Crippen LogP contribution in [0.1, 0.15) is 48.0 Å². The zero-order valence-electron chi connectivity index (χ0n) is 40.8. The number of fused-ring (bicyclic) bond motifs is 3. The van der Waals surface area contributed by atoms with Crippen LogP contribution in [0.15, 0.2) is 89.9 Å². The number of benzene rings is 5. The summed E-state index contributed by atoms with van der Waals surface area (Å²) in [6.07, 6.45) is 1.94. The lowest BCUT2D eigenvalue weighted by molar-refractivity contribution is -0.115. The number of para-hydroxylation sites is 1. The summed E-state index contributed by atoms with van der Waals surface area (Å²) in [6, 6.07) is 26.5. The minimum absolute atomic E-state index is 0.0190. The van der Waals surface area contributed by atoms with Gasteiger partial charge in [-0.25, -0.2) is 29.9 Å². The Balaban J connectivity index is 0.953. The van der Waals surface area contributed by atoms with Crippen LogP contribution in [0.2, 0.25) is 20.1 Å². The van der Waals surface area contributed by atoms with E-state index in [2.05, 4.69) is 61.7 Å². The van der Waals surface area contributed by atoms with Gasteiger partial charge in [0.15, 0.2) is 11.9 Å². The van der Waals surface area contributed by atoms with Crippen LogP contribution < -0.4 is 31.9 Å². The Morgan fingerprint density at radius 2 is 1.12 bits per heavy atom. The van der Waals surface area contributed by atoms with Gasteiger partial charge in [0.25, 0.3) is 0 Å². The zero-order valence-corrected chi connectivity index (χ0v) is 43.8. The fourth-order valence-electron chi connectivity index (χ4n) is 8.05. The first-order valence-electron chi connectivity index (χ1n) is 23.2. The van der Waals surface area contributed by atoms with Crippen molar-refractivity contribution in [3.8, 4) is 22.3 Å². The summed E-state index contributed by atoms with van der Waals surface area (Å²) in [5.41, 5.74) is 8.47. The van der Waals surface area contributed by atoms with Gasteiger partial charge in [0, 0.05) is 74.5 Å². The summed E-state index contributed by atoms with van der Waals surface area (Å²) in [5, 5.41) is 39.3. The summed E-state index contributed by atoms with van der Waals surface area (Å²) >= 11 is 27.6. The number of amides is 1. The number of carbonyl (C=O) groups excluding carboxylic acids is 1. The third-order valence-electron chi connectivity index (χ3n) is 11.7. The molecule has 5 aromatic carbocycles. The van der Waals surface area contributed by atoms with E-state index in [0.717, 1.165) is 69.1 Å². The second-order valence-corrected chi connectivity index (χ2v) is 19.0. The van der Waals surface area contributed by atoms with Gasteiger partial charge >= 0.3 is 0 Å². The molecule has 3 aromatic heterocycles. The van der Waals surface area contributed by atoms with E-state index in [1.54, 1.807) is 6.07 Å². The number of hydrogen-bond acceptors (Lipinski definition) is 10. The Bertz CT molecular complexity index is 3450. The Labute approximate surface area is 442 Å². The predicted molar refractivity (Wildman–Crippen MR) is 298 cm³/mol. The molecule has 0 aliphatic heterocycles. The normalized spacial score (nSPS) is 11.6. The van der Waals surface area contributed by atoms with Crippen molar-refractivity contribution in [3.63, 3.8) is 0 Å². The number of guanidine groups is 3. The van der Waals surface area contributed by atoms with E-state index >= 15 is 0 Å². The van der Waals surface area contributed by atoms with Crippen molar-refractivity contribution in [2.45, 2.75) is 53.6 Å². The molecular formula is C52H52Cl4N16O. The maximum atomic E-state index is 12.5. The second-order valence-electron chi connectivity index (χ2n) is 17.4. The molecule has 21 heteroatoms. The highest BCUT2D eigenvalue weighted by Crippen LogP contribution is 2.37. The summed E-state index contributed by atoms with van der Waals surface area (Å²) < 4.78 is 0. The fourth-order valence-corrected chi connectivity index (χ4v) is 9.28. The molecule has 0 fully saturated rings. The number of aliphatic imine (C=N–C) groups is 1. The highest BCUT2D eigenvalue weighted by molar-refractivity contribution is 6.38. The van der Waals surface area contributed by atoms with E-state index in [1.807, 2.05) is 114 Å². The lowest BCUT2D eigenvalue weighted by atomic mass is 10.0. The van der Waals surface area contributed by atoms with Crippen molar-refractivity contribution in [1.82, 2.24) is 50.8 Å². The van der Waals surface area contributed by atoms with Crippen molar-refractivity contribution in [2.24, 2.45) is 4.99 Å². The molecule has 0 aliphatic carbocycles. The van der Waals surface area contributed by atoms with Crippen molar-refractivity contribution in [2.75, 3.05) is 43.1 Å². The second kappa shape index (κ2) is 23.1. The van der Waals surface area contributed by atoms with Crippen LogP contribution in [0.4, 0.5) is 17.8 Å². The Morgan fingerprint density at radius 1 is 0.575 bits per heavy atom. The average molecular weight is 1060 g/mol. The van der Waals surface area contributed by atoms with Crippen molar-refractivity contribution in [3.05, 3.63) is 133 Å². The van der Waals surface area contributed by atoms with E-state index in [1.165, 1.54) is 6.92 Å². The number of nitrogens with one attached hydrogen (secondary N) is 8. The molecular weight excluding hydrogens is 1010 g/mol. The highest BCUT2D eigenvalue weighted by atomic mass is 35.5. The van der Waals surface area contributed by atoms with Crippen LogP contribution in [0.3, 0.4) is 0 Å². The van der Waals surface area contributed by atoms with Crippen LogP contribution >= 0.6 is 46.4 Å². The molecule has 8 N–H and O–H groups in total. The molecule has 374 valence electrons. The van der Waals surface area contributed by atoms with Gasteiger partial charge < -0.3 is 20.9 Å². The summed E-state index contributed by atoms with van der Waals surface area (Å²) in [6.45, 7) is 8.87. The minimum atomic E-state index is -0.469. The third kappa shape index (κ3) is 12.9. The van der Waals surface area contributed by atoms with E-state index in [-0.39, 0.29) is 36.9 Å². The van der Waals surface area contributed by atoms with E-state index in [4.69, 9.17) is 67.2 Å². The smallest absolute Gasteiger partial charge is 0.245 e. The first-order chi connectivity index (χ1) is 35.0. The van der Waals surface area contributed by atoms with Crippen molar-refractivity contribution < 1.29 is 4.79 Å². The lowest BCUT2D eigenvalue weighted by Gasteiger charge is -2.16. The van der Waals surface area contributed by atoms with Gasteiger partial charge in [0.1, 0.15) is 0 Å². The fraction of sp³-hybridized carbons (Fsp3) is 0.231. The number of nitrogens with zero attached hydrogens (tertiary/aromatic N) is 8. The molecule has 17 nitrogen and oxygen atoms in total. The van der Waals surface area contributed by atoms with Crippen LogP contribution in [-0.4, -0.2) is 85.8 Å². The van der Waals surface area contributed by atoms with Gasteiger partial charge in [-0.2, -0.15) is 4.99 Å². The van der Waals surface area contributed by atoms with Crippen molar-refractivity contribution >= 4 is 121 Å². The largest absolute Gasteiger partial charge is 0.356 e. The van der Waals surface area contributed by atoms with Gasteiger partial charge in [0.05, 0.1) is 38.7 Å². The van der Waals surface area contributed by atoms with Crippen LogP contribution in [-0.2, 0) is 17.9 Å². The molecule has 8 rings (SSSR count). The number of anilines is 3. The van der Waals surface area contributed by atoms with E-state index < -0.39 is 5.91 Å². The van der Waals surface area contributed by atoms with E-state index in [9.17, 15) is 4.79 Å². The van der Waals surface area contributed by atoms with Gasteiger partial charge in [0.2, 0.25) is 29.7 Å². The van der Waals surface area contributed by atoms with E-state index in [0.29, 0.717) is 71.9 Å². The number of halogens is 4. The molecule has 0 atom stereocenters. The van der Waals surface area contributed by atoms with Gasteiger partial charge in [-0.1, -0.05) is 94.9 Å². The molecule has 0 saturated carbocycles. The molecule has 1 amide bonds. The van der Waals surface area contributed by atoms with Gasteiger partial charge in [-0.3, -0.25) is 31.6 Å². The summed E-state index contributed by atoms with van der Waals surface area (Å²) in [7, 11) is 4.08. The molecule has 0 unspecified atom stereocenters. The molecule has 73 heavy (non-hydrogen) atoms. The number of hydrogen-bond donors (Lipinski definition) is 8. The molecule has 0 spiro atoms. The molecule has 0 aliphatic rings. The number of aryl methyl sites for hydroxylation is 3. The van der Waals surface area contributed by atoms with Crippen molar-refractivity contribution in [1.29, 1.82) is 10.8 Å². The zero-order chi connectivity index (χ0) is 51.9. The molecule has 3 heterocycles. The Morgan fingerprint density at radius 3 is 1.75 bits per heavy atom. The van der Waals surface area contributed by atoms with Gasteiger partial charge in [-0.05, 0) is 107 Å². The summed E-state index contributed by atoms with van der Waals surface area (Å²) in [5.74, 6) is 0.502. The van der Waals surface area contributed by atoms with Crippen LogP contribution in [0.25, 0.3) is 55.0 Å². The Kier molecular flexibility index (Phi) is 16.5. The first kappa shape index (κ1) is 52.1. The highest BCUT2D eigenvalue weighted by Gasteiger charge is 2.18. The maximum Gasteiger partial charge on any atom is 0.245 e. The number of unbranched alkanes of at least 4 members (excludes halogenated alkanes) is 1. The SMILES string of the molecule is CC(=O)/N=C(\NCc1c(Cl)ccc(-c2ccc3c(C)nc(NC(=N)NCCCCN(C)C)nc3c2)c1Cl)Nc1nc(C)c2ccc(-c3cc(Cl)c(CNC(=N)Nc4nc(C)c5ccccc5n4)c(Cl)c3)cc2n1. The van der Waals surface area contributed by atoms with Gasteiger partial charge in [-0.15, -0.1) is 0 Å². The monoisotopic (exact) mass is 1060 g/mol. The average Bonchev–Trinajstić information content (AvgIpc) is 3.33. The topological polar surface area (TPSA) is 230 Å². The predicted octanol–water partition coefficient (Wildman–Crippen LogP) is 10.9. The molecule has 0 saturated heterocycles. The molecule has 0 radical (unpaired) electrons. The standard InChI is InChI=1S/C52H52Cl4N16O/c1-27-34-11-7-8-12-43(34)66-50(62-27)70-48(58)60-25-38-41(54)21-33(22-42(38)55)31-13-15-35-29(3)64-52(68-44(35)23-31)71-49(65-30(4)73)61-26-39-40(53)18-17-37(46(39)56)32-14-16-36-28(2)63-51(67-45(36)24-32)69-47(57)59-19-9-10-20-72(5)6/h7-8,11-18,21-24H,9-10,19-20,25-26H2,1-6H3,(H3,57,59,63,67,69)(H3,58,60,62,66,70)(H2,61,64,65,68,71,73). The quantitative estimate of drug-likeness (QED) is 0.0288. The van der Waals surface area contributed by atoms with Crippen LogP contribution in [0.5, 0.6) is 0 Å². The lowest BCUT2D eigenvalue weighted by Crippen LogP contribution is -2.32. The minimum Gasteiger partial charge on any atom is -0.356 e.